The van der Waals surface area contributed by atoms with E-state index in [9.17, 15) is 0 Å². The van der Waals surface area contributed by atoms with Crippen molar-refractivity contribution in [1.29, 1.82) is 0 Å². The molecule has 3 heteroatoms. The Balaban J connectivity index is 3.67. The van der Waals surface area contributed by atoms with E-state index in [0.717, 1.165) is 24.7 Å². The van der Waals surface area contributed by atoms with Gasteiger partial charge in [0.15, 0.2) is 0 Å². The fourth-order valence-electron chi connectivity index (χ4n) is 1.47. The minimum absolute atomic E-state index is 0.516. The van der Waals surface area contributed by atoms with Gasteiger partial charge in [0.05, 0.1) is 0 Å². The van der Waals surface area contributed by atoms with Crippen LogP contribution < -0.4 is 11.5 Å². The summed E-state index contributed by atoms with van der Waals surface area (Å²) >= 11 is 2.11. The molecule has 0 aliphatic carbocycles. The first kappa shape index (κ1) is 13.7. The first-order chi connectivity index (χ1) is 5.87. The van der Waals surface area contributed by atoms with E-state index in [2.05, 4.69) is 43.4 Å². The Morgan fingerprint density at radius 3 is 2.00 bits per heavy atom. The summed E-state index contributed by atoms with van der Waals surface area (Å²) in [5.41, 5.74) is 11.4. The van der Waals surface area contributed by atoms with E-state index in [1.807, 2.05) is 0 Å². The molecule has 0 aromatic rings. The zero-order valence-electron chi connectivity index (χ0n) is 9.02. The predicted molar refractivity (Wildman–Crippen MR) is 67.6 cm³/mol. The van der Waals surface area contributed by atoms with Crippen LogP contribution in [-0.4, -0.2) is 3.67 Å². The van der Waals surface area contributed by atoms with E-state index in [4.69, 9.17) is 11.5 Å². The smallest absolute Gasteiger partial charge is 0.117 e. The van der Waals surface area contributed by atoms with E-state index < -0.39 is 3.67 Å². The van der Waals surface area contributed by atoms with Crippen LogP contribution in [0.3, 0.4) is 0 Å². The third-order valence-corrected chi connectivity index (χ3v) is 3.24. The lowest BCUT2D eigenvalue weighted by atomic mass is 9.88. The molecule has 80 valence electrons. The quantitative estimate of drug-likeness (QED) is 0.343. The van der Waals surface area contributed by atoms with Crippen molar-refractivity contribution in [3.8, 4) is 0 Å². The van der Waals surface area contributed by atoms with Crippen molar-refractivity contribution in [3.63, 3.8) is 0 Å². The number of halogens is 1. The van der Waals surface area contributed by atoms with Gasteiger partial charge in [-0.2, -0.15) is 0 Å². The molecule has 0 amide bonds. The van der Waals surface area contributed by atoms with Gasteiger partial charge in [0.1, 0.15) is 3.67 Å². The van der Waals surface area contributed by atoms with Crippen LogP contribution in [0, 0.1) is 11.8 Å². The minimum atomic E-state index is -0.516. The fraction of sp³-hybridized carbons (Fsp3) is 1.00. The van der Waals surface area contributed by atoms with Crippen molar-refractivity contribution in [1.82, 2.24) is 0 Å². The van der Waals surface area contributed by atoms with Gasteiger partial charge >= 0.3 is 0 Å². The molecule has 0 rings (SSSR count). The molecular weight excluding hydrogens is 275 g/mol. The molecule has 0 aliphatic rings. The lowest BCUT2D eigenvalue weighted by molar-refractivity contribution is 0.323. The maximum atomic E-state index is 5.72. The summed E-state index contributed by atoms with van der Waals surface area (Å²) < 4.78 is -0.516. The molecule has 13 heavy (non-hydrogen) atoms. The standard InChI is InChI=1S/C10H23IN2/c1-4-5-8(2)9(3)6-7-10(11,12)13/h8-9H,4-7,12-13H2,1-3H3. The van der Waals surface area contributed by atoms with Gasteiger partial charge in [0, 0.05) is 0 Å². The molecule has 0 spiro atoms. The Morgan fingerprint density at radius 2 is 1.62 bits per heavy atom. The first-order valence-corrected chi connectivity index (χ1v) is 6.21. The molecule has 0 fully saturated rings. The maximum Gasteiger partial charge on any atom is 0.117 e. The van der Waals surface area contributed by atoms with E-state index in [1.54, 1.807) is 0 Å². The summed E-state index contributed by atoms with van der Waals surface area (Å²) in [6.07, 6.45) is 4.62. The van der Waals surface area contributed by atoms with Crippen LogP contribution in [0.15, 0.2) is 0 Å². The lowest BCUT2D eigenvalue weighted by Gasteiger charge is -2.23. The van der Waals surface area contributed by atoms with Crippen molar-refractivity contribution in [2.24, 2.45) is 23.3 Å². The average Bonchev–Trinajstić information content (AvgIpc) is 1.99. The van der Waals surface area contributed by atoms with Gasteiger partial charge in [0.25, 0.3) is 0 Å². The van der Waals surface area contributed by atoms with E-state index in [-0.39, 0.29) is 0 Å². The molecular formula is C10H23IN2. The number of rotatable bonds is 6. The van der Waals surface area contributed by atoms with Crippen LogP contribution in [0.2, 0.25) is 0 Å². The molecule has 2 atom stereocenters. The summed E-state index contributed by atoms with van der Waals surface area (Å²) in [5, 5.41) is 0. The minimum Gasteiger partial charge on any atom is -0.305 e. The second-order valence-electron chi connectivity index (χ2n) is 4.21. The van der Waals surface area contributed by atoms with E-state index in [0.29, 0.717) is 0 Å². The maximum absolute atomic E-state index is 5.72. The SMILES string of the molecule is CCCC(C)C(C)CCC(N)(N)I. The molecule has 0 aromatic carbocycles. The monoisotopic (exact) mass is 298 g/mol. The molecule has 2 nitrogen and oxygen atoms in total. The molecule has 0 aromatic heterocycles. The van der Waals surface area contributed by atoms with Gasteiger partial charge in [-0.15, -0.1) is 0 Å². The zero-order chi connectivity index (χ0) is 10.5. The van der Waals surface area contributed by atoms with Crippen molar-refractivity contribution >= 4 is 22.6 Å². The molecule has 0 saturated heterocycles. The summed E-state index contributed by atoms with van der Waals surface area (Å²) in [6, 6.07) is 0. The topological polar surface area (TPSA) is 52.0 Å². The number of hydrogen-bond donors (Lipinski definition) is 2. The fourth-order valence-corrected chi connectivity index (χ4v) is 1.78. The van der Waals surface area contributed by atoms with Crippen LogP contribution in [-0.2, 0) is 0 Å². The van der Waals surface area contributed by atoms with Gasteiger partial charge in [-0.3, -0.25) is 0 Å². The molecule has 0 heterocycles. The van der Waals surface area contributed by atoms with Crippen LogP contribution in [0.5, 0.6) is 0 Å². The molecule has 4 N–H and O–H groups in total. The molecule has 2 unspecified atom stereocenters. The van der Waals surface area contributed by atoms with Crippen LogP contribution >= 0.6 is 22.6 Å². The van der Waals surface area contributed by atoms with Crippen molar-refractivity contribution in [3.05, 3.63) is 0 Å². The van der Waals surface area contributed by atoms with E-state index in [1.165, 1.54) is 12.8 Å². The summed E-state index contributed by atoms with van der Waals surface area (Å²) in [5.74, 6) is 1.53. The highest BCUT2D eigenvalue weighted by Crippen LogP contribution is 2.24. The largest absolute Gasteiger partial charge is 0.305 e. The third-order valence-electron chi connectivity index (χ3n) is 2.70. The number of nitrogens with two attached hydrogens (primary N) is 2. The lowest BCUT2D eigenvalue weighted by Crippen LogP contribution is -2.42. The van der Waals surface area contributed by atoms with Crippen molar-refractivity contribution in [2.75, 3.05) is 0 Å². The highest BCUT2D eigenvalue weighted by atomic mass is 127. The molecule has 0 bridgehead atoms. The Hall–Kier alpha value is 0.650. The third kappa shape index (κ3) is 7.70. The van der Waals surface area contributed by atoms with Crippen LogP contribution in [0.25, 0.3) is 0 Å². The first-order valence-electron chi connectivity index (χ1n) is 5.13. The second-order valence-corrected chi connectivity index (χ2v) is 6.22. The van der Waals surface area contributed by atoms with E-state index >= 15 is 0 Å². The summed E-state index contributed by atoms with van der Waals surface area (Å²) in [4.78, 5) is 0. The average molecular weight is 298 g/mol. The van der Waals surface area contributed by atoms with Crippen molar-refractivity contribution < 1.29 is 0 Å². The Bertz CT molecular complexity index is 131. The summed E-state index contributed by atoms with van der Waals surface area (Å²) in [7, 11) is 0. The molecule has 0 aliphatic heterocycles. The summed E-state index contributed by atoms with van der Waals surface area (Å²) in [6.45, 7) is 6.84. The highest BCUT2D eigenvalue weighted by molar-refractivity contribution is 14.1. The van der Waals surface area contributed by atoms with Crippen LogP contribution in [0.4, 0.5) is 0 Å². The van der Waals surface area contributed by atoms with Gasteiger partial charge in [0.2, 0.25) is 0 Å². The second kappa shape index (κ2) is 6.19. The Morgan fingerprint density at radius 1 is 1.15 bits per heavy atom. The zero-order valence-corrected chi connectivity index (χ0v) is 11.2. The molecule has 0 radical (unpaired) electrons. The Kier molecular flexibility index (Phi) is 6.50. The Labute approximate surface area is 96.0 Å². The highest BCUT2D eigenvalue weighted by Gasteiger charge is 2.17. The number of hydrogen-bond acceptors (Lipinski definition) is 2. The van der Waals surface area contributed by atoms with Gasteiger partial charge < -0.3 is 11.5 Å². The predicted octanol–water partition coefficient (Wildman–Crippen LogP) is 2.85. The van der Waals surface area contributed by atoms with Gasteiger partial charge in [-0.1, -0.05) is 33.6 Å². The van der Waals surface area contributed by atoms with Gasteiger partial charge in [-0.25, -0.2) is 0 Å². The molecule has 0 saturated carbocycles. The number of alkyl halides is 1. The van der Waals surface area contributed by atoms with Crippen molar-refractivity contribution in [2.45, 2.75) is 50.1 Å². The van der Waals surface area contributed by atoms with Gasteiger partial charge in [-0.05, 0) is 47.3 Å². The van der Waals surface area contributed by atoms with Crippen LogP contribution in [0.1, 0.15) is 46.5 Å². The normalized spacial score (nSPS) is 17.1.